The molecular weight excluding hydrogens is 442 g/mol. The first-order valence-corrected chi connectivity index (χ1v) is 11.2. The molecule has 0 aliphatic carbocycles. The van der Waals surface area contributed by atoms with E-state index in [-0.39, 0.29) is 28.7 Å². The van der Waals surface area contributed by atoms with E-state index in [1.54, 1.807) is 24.1 Å². The highest BCUT2D eigenvalue weighted by molar-refractivity contribution is 6.32. The summed E-state index contributed by atoms with van der Waals surface area (Å²) in [5.41, 5.74) is -0.328. The van der Waals surface area contributed by atoms with E-state index in [0.717, 1.165) is 5.76 Å². The van der Waals surface area contributed by atoms with Crippen molar-refractivity contribution in [2.75, 3.05) is 17.7 Å². The summed E-state index contributed by atoms with van der Waals surface area (Å²) in [4.78, 5) is 39.7. The fourth-order valence-corrected chi connectivity index (χ4v) is 4.73. The average Bonchev–Trinajstić information content (AvgIpc) is 3.23. The minimum Gasteiger partial charge on any atom is -0.464 e. The third-order valence-corrected chi connectivity index (χ3v) is 6.81. The molecule has 33 heavy (non-hydrogen) atoms. The first kappa shape index (κ1) is 23.1. The highest BCUT2D eigenvalue weighted by Gasteiger charge is 2.44. The lowest BCUT2D eigenvalue weighted by molar-refractivity contribution is 0.0692. The molecule has 0 spiro atoms. The summed E-state index contributed by atoms with van der Waals surface area (Å²) in [6, 6.07) is 6.72. The maximum absolute atomic E-state index is 13.0. The molecule has 0 bridgehead atoms. The second-order valence-electron chi connectivity index (χ2n) is 10.2. The number of hydrogen-bond acceptors (Lipinski definition) is 6. The van der Waals surface area contributed by atoms with Gasteiger partial charge in [-0.2, -0.15) is 0 Å². The summed E-state index contributed by atoms with van der Waals surface area (Å²) < 4.78 is 5.81. The number of nitrogens with one attached hydrogen (secondary N) is 2. The van der Waals surface area contributed by atoms with E-state index < -0.39 is 16.4 Å². The normalized spacial score (nSPS) is 16.2. The van der Waals surface area contributed by atoms with E-state index in [0.29, 0.717) is 27.6 Å². The molecule has 1 unspecified atom stereocenters. The van der Waals surface area contributed by atoms with Crippen molar-refractivity contribution in [3.63, 3.8) is 0 Å². The maximum Gasteiger partial charge on any atom is 0.256 e. The van der Waals surface area contributed by atoms with Crippen molar-refractivity contribution in [1.82, 2.24) is 4.90 Å². The van der Waals surface area contributed by atoms with Gasteiger partial charge in [-0.05, 0) is 50.5 Å². The summed E-state index contributed by atoms with van der Waals surface area (Å²) in [6.45, 7) is 11.7. The summed E-state index contributed by atoms with van der Waals surface area (Å²) in [7, 11) is 1.71. The molecule has 1 atom stereocenters. The molecule has 1 amide bonds. The van der Waals surface area contributed by atoms with Gasteiger partial charge < -0.3 is 20.0 Å². The predicted octanol–water partition coefficient (Wildman–Crippen LogP) is 5.10. The van der Waals surface area contributed by atoms with E-state index >= 15 is 0 Å². The Balaban J connectivity index is 1.75. The van der Waals surface area contributed by atoms with E-state index in [1.165, 1.54) is 0 Å². The molecule has 3 aromatic rings. The summed E-state index contributed by atoms with van der Waals surface area (Å²) in [6.07, 6.45) is 0. The molecule has 0 radical (unpaired) electrons. The van der Waals surface area contributed by atoms with Crippen LogP contribution in [0.25, 0.3) is 0 Å². The van der Waals surface area contributed by atoms with Crippen molar-refractivity contribution in [1.29, 1.82) is 0 Å². The van der Waals surface area contributed by atoms with E-state index in [9.17, 15) is 14.4 Å². The van der Waals surface area contributed by atoms with Crippen LogP contribution in [-0.2, 0) is 5.54 Å². The van der Waals surface area contributed by atoms with Crippen LogP contribution in [0.1, 0.15) is 68.1 Å². The molecule has 8 heteroatoms. The van der Waals surface area contributed by atoms with Crippen LogP contribution < -0.4 is 21.5 Å². The molecule has 0 fully saturated rings. The number of nitrogens with zero attached hydrogens (tertiary/aromatic N) is 1. The van der Waals surface area contributed by atoms with Crippen LogP contribution in [0.5, 0.6) is 0 Å². The van der Waals surface area contributed by atoms with Crippen LogP contribution in [0, 0.1) is 12.3 Å². The predicted molar refractivity (Wildman–Crippen MR) is 130 cm³/mol. The van der Waals surface area contributed by atoms with Gasteiger partial charge in [0.1, 0.15) is 22.9 Å². The van der Waals surface area contributed by atoms with Gasteiger partial charge in [-0.1, -0.05) is 32.4 Å². The smallest absolute Gasteiger partial charge is 0.256 e. The van der Waals surface area contributed by atoms with Gasteiger partial charge in [0.25, 0.3) is 16.8 Å². The number of furan rings is 1. The monoisotopic (exact) mass is 469 g/mol. The number of carbonyl (C=O) groups is 1. The molecule has 7 nitrogen and oxygen atoms in total. The summed E-state index contributed by atoms with van der Waals surface area (Å²) >= 11 is 6.45. The highest BCUT2D eigenvalue weighted by atomic mass is 35.5. The van der Waals surface area contributed by atoms with Crippen molar-refractivity contribution in [2.45, 2.75) is 53.1 Å². The van der Waals surface area contributed by atoms with Crippen molar-refractivity contribution >= 4 is 34.6 Å². The van der Waals surface area contributed by atoms with Gasteiger partial charge in [0.2, 0.25) is 0 Å². The molecule has 1 aromatic heterocycles. The van der Waals surface area contributed by atoms with Gasteiger partial charge in [0, 0.05) is 17.6 Å². The Kier molecular flexibility index (Phi) is 5.24. The zero-order valence-corrected chi connectivity index (χ0v) is 20.6. The topological polar surface area (TPSA) is 91.6 Å². The molecule has 0 saturated carbocycles. The third-order valence-electron chi connectivity index (χ3n) is 6.49. The highest BCUT2D eigenvalue weighted by Crippen LogP contribution is 2.45. The minimum atomic E-state index is -0.637. The molecule has 174 valence electrons. The van der Waals surface area contributed by atoms with Gasteiger partial charge in [0.05, 0.1) is 22.8 Å². The molecule has 4 rings (SSSR count). The quantitative estimate of drug-likeness (QED) is 0.505. The summed E-state index contributed by atoms with van der Waals surface area (Å²) in [5.74, 6) is 1.23. The Morgan fingerprint density at radius 1 is 1.03 bits per heavy atom. The van der Waals surface area contributed by atoms with Crippen molar-refractivity contribution in [3.8, 4) is 0 Å². The number of amides is 1. The van der Waals surface area contributed by atoms with E-state index in [2.05, 4.69) is 10.6 Å². The maximum atomic E-state index is 13.0. The van der Waals surface area contributed by atoms with Gasteiger partial charge >= 0.3 is 0 Å². The Bertz CT molecular complexity index is 1340. The second kappa shape index (κ2) is 7.48. The molecule has 1 aliphatic rings. The number of fused-ring (bicyclic) bond motifs is 1. The average molecular weight is 470 g/mol. The van der Waals surface area contributed by atoms with Gasteiger partial charge in [0.15, 0.2) is 0 Å². The number of hydrogen-bond donors (Lipinski definition) is 2. The number of aryl methyl sites for hydroxylation is 1. The fraction of sp³-hybridized carbons (Fsp3) is 0.400. The van der Waals surface area contributed by atoms with Gasteiger partial charge in [-0.25, -0.2) is 0 Å². The van der Waals surface area contributed by atoms with Crippen LogP contribution in [0.4, 0.5) is 17.1 Å². The zero-order valence-electron chi connectivity index (χ0n) is 19.8. The SMILES string of the molecule is Cc1ccc(C(Nc2c(Nc3ccc(Cl)c4c3C(=O)N(C)C4(C)C)c(=O)c2=O)C(C)(C)C)o1. The first-order valence-electron chi connectivity index (χ1n) is 10.8. The van der Waals surface area contributed by atoms with Crippen LogP contribution in [0.3, 0.4) is 0 Å². The Morgan fingerprint density at radius 3 is 2.24 bits per heavy atom. The lowest BCUT2D eigenvalue weighted by Gasteiger charge is -2.31. The van der Waals surface area contributed by atoms with Crippen LogP contribution in [0.15, 0.2) is 38.3 Å². The minimum absolute atomic E-state index is 0.127. The number of benzene rings is 1. The van der Waals surface area contributed by atoms with Crippen molar-refractivity contribution in [3.05, 3.63) is 72.4 Å². The number of anilines is 3. The summed E-state index contributed by atoms with van der Waals surface area (Å²) in [5, 5.41) is 6.74. The third kappa shape index (κ3) is 3.55. The first-order chi connectivity index (χ1) is 15.2. The number of halogens is 1. The van der Waals surface area contributed by atoms with Gasteiger partial charge in [-0.15, -0.1) is 0 Å². The second-order valence-corrected chi connectivity index (χ2v) is 10.6. The molecule has 2 aromatic carbocycles. The number of rotatable bonds is 5. The van der Waals surface area contributed by atoms with Gasteiger partial charge in [-0.3, -0.25) is 14.4 Å². The standard InChI is InChI=1S/C25H28ClN3O4/c1-12-8-11-15(33-12)22(24(2,3)4)28-19-18(20(30)21(19)31)27-14-10-9-13(26)17-16(14)23(32)29(7)25(17,5)6/h8-11,22,27-28H,1-7H3. The van der Waals surface area contributed by atoms with Crippen LogP contribution >= 0.6 is 11.6 Å². The zero-order chi connectivity index (χ0) is 24.5. The van der Waals surface area contributed by atoms with Crippen LogP contribution in [0.2, 0.25) is 5.02 Å². The Morgan fingerprint density at radius 2 is 1.67 bits per heavy atom. The molecule has 0 saturated heterocycles. The van der Waals surface area contributed by atoms with E-state index in [1.807, 2.05) is 53.7 Å². The van der Waals surface area contributed by atoms with E-state index in [4.69, 9.17) is 16.0 Å². The molecular formula is C25H28ClN3O4. The number of carbonyl (C=O) groups excluding carboxylic acids is 1. The molecule has 2 N–H and O–H groups in total. The fourth-order valence-electron chi connectivity index (χ4n) is 4.34. The van der Waals surface area contributed by atoms with Crippen LogP contribution in [-0.4, -0.2) is 17.9 Å². The largest absolute Gasteiger partial charge is 0.464 e. The lowest BCUT2D eigenvalue weighted by atomic mass is 9.84. The molecule has 2 heterocycles. The lowest BCUT2D eigenvalue weighted by Crippen LogP contribution is -2.39. The Hall–Kier alpha value is -3.06. The molecule has 1 aliphatic heterocycles. The van der Waals surface area contributed by atoms with Crippen molar-refractivity contribution in [2.24, 2.45) is 5.41 Å². The Labute approximate surface area is 197 Å². The van der Waals surface area contributed by atoms with Crippen molar-refractivity contribution < 1.29 is 9.21 Å².